The summed E-state index contributed by atoms with van der Waals surface area (Å²) in [6.07, 6.45) is 0.727. The highest BCUT2D eigenvalue weighted by atomic mass is 16.6. The summed E-state index contributed by atoms with van der Waals surface area (Å²) in [5.74, 6) is 0. The minimum absolute atomic E-state index is 0.336. The lowest BCUT2D eigenvalue weighted by atomic mass is 10.1. The Kier molecular flexibility index (Phi) is 8.55. The number of benzene rings is 2. The molecule has 0 radical (unpaired) electrons. The average Bonchev–Trinajstić information content (AvgIpc) is 2.70. The summed E-state index contributed by atoms with van der Waals surface area (Å²) in [6, 6.07) is 19.5. The highest BCUT2D eigenvalue weighted by Crippen LogP contribution is 2.15. The molecule has 0 spiro atoms. The van der Waals surface area contributed by atoms with E-state index in [-0.39, 0.29) is 0 Å². The zero-order valence-corrected chi connectivity index (χ0v) is 14.9. The molecule has 2 rings (SSSR count). The Balaban J connectivity index is 2.09. The van der Waals surface area contributed by atoms with Crippen molar-refractivity contribution in [3.8, 4) is 0 Å². The number of oxime groups is 1. The zero-order valence-electron chi connectivity index (χ0n) is 14.9. The third kappa shape index (κ3) is 6.44. The van der Waals surface area contributed by atoms with Crippen molar-refractivity contribution < 1.29 is 19.4 Å². The highest BCUT2D eigenvalue weighted by molar-refractivity contribution is 5.63. The van der Waals surface area contributed by atoms with Crippen molar-refractivity contribution in [2.75, 3.05) is 7.11 Å². The van der Waals surface area contributed by atoms with Gasteiger partial charge in [-0.2, -0.15) is 0 Å². The van der Waals surface area contributed by atoms with Crippen molar-refractivity contribution >= 4 is 6.21 Å². The van der Waals surface area contributed by atoms with E-state index in [4.69, 9.17) is 14.3 Å². The van der Waals surface area contributed by atoms with Gasteiger partial charge >= 0.3 is 0 Å². The van der Waals surface area contributed by atoms with Crippen molar-refractivity contribution in [2.24, 2.45) is 5.16 Å². The molecular weight excluding hydrogens is 330 g/mol. The minimum atomic E-state index is -0.914. The van der Waals surface area contributed by atoms with Gasteiger partial charge in [-0.3, -0.25) is 0 Å². The van der Waals surface area contributed by atoms with Crippen LogP contribution in [0.1, 0.15) is 11.1 Å². The Labute approximate surface area is 154 Å². The van der Waals surface area contributed by atoms with Gasteiger partial charge in [-0.25, -0.2) is 0 Å². The SMILES string of the molecule is C=C[C@@H](O)[C@H](OCc1ccccc1)[C@H](/C=N/OC)OCc1ccccc1. The van der Waals surface area contributed by atoms with Crippen molar-refractivity contribution in [1.29, 1.82) is 0 Å². The summed E-state index contributed by atoms with van der Waals surface area (Å²) >= 11 is 0. The summed E-state index contributed by atoms with van der Waals surface area (Å²) in [5, 5.41) is 14.1. The van der Waals surface area contributed by atoms with E-state index in [0.29, 0.717) is 13.2 Å². The topological polar surface area (TPSA) is 60.3 Å². The van der Waals surface area contributed by atoms with Crippen LogP contribution >= 0.6 is 0 Å². The molecule has 2 aromatic carbocycles. The summed E-state index contributed by atoms with van der Waals surface area (Å²) in [4.78, 5) is 4.78. The molecular formula is C21H25NO4. The number of aliphatic hydroxyl groups excluding tert-OH is 1. The maximum atomic E-state index is 10.3. The molecule has 2 aromatic rings. The molecule has 3 atom stereocenters. The first-order valence-corrected chi connectivity index (χ1v) is 8.43. The third-order valence-electron chi connectivity index (χ3n) is 3.79. The Morgan fingerprint density at radius 1 is 0.962 bits per heavy atom. The van der Waals surface area contributed by atoms with Crippen LogP contribution in [0.2, 0.25) is 0 Å². The molecule has 0 unspecified atom stereocenters. The minimum Gasteiger partial charge on any atom is -0.399 e. The lowest BCUT2D eigenvalue weighted by Crippen LogP contribution is -2.41. The lowest BCUT2D eigenvalue weighted by molar-refractivity contribution is -0.0955. The van der Waals surface area contributed by atoms with Crippen molar-refractivity contribution in [1.82, 2.24) is 0 Å². The molecule has 0 saturated heterocycles. The van der Waals surface area contributed by atoms with Crippen molar-refractivity contribution in [2.45, 2.75) is 31.5 Å². The first-order chi connectivity index (χ1) is 12.7. The number of ether oxygens (including phenoxy) is 2. The van der Waals surface area contributed by atoms with Crippen LogP contribution in [0.3, 0.4) is 0 Å². The number of aliphatic hydroxyl groups is 1. The maximum absolute atomic E-state index is 10.3. The van der Waals surface area contributed by atoms with Crippen LogP contribution < -0.4 is 0 Å². The fourth-order valence-electron chi connectivity index (χ4n) is 2.40. The first-order valence-electron chi connectivity index (χ1n) is 8.43. The summed E-state index contributed by atoms with van der Waals surface area (Å²) in [6.45, 7) is 4.35. The molecule has 0 aliphatic heterocycles. The summed E-state index contributed by atoms with van der Waals surface area (Å²) in [5.41, 5.74) is 2.01. The summed E-state index contributed by atoms with van der Waals surface area (Å²) < 4.78 is 11.9. The second-order valence-corrected chi connectivity index (χ2v) is 5.69. The van der Waals surface area contributed by atoms with Gasteiger partial charge in [0, 0.05) is 0 Å². The highest BCUT2D eigenvalue weighted by Gasteiger charge is 2.28. The molecule has 0 fully saturated rings. The van der Waals surface area contributed by atoms with E-state index >= 15 is 0 Å². The molecule has 138 valence electrons. The van der Waals surface area contributed by atoms with Gasteiger partial charge in [-0.15, -0.1) is 6.58 Å². The molecule has 0 aromatic heterocycles. The molecule has 0 aliphatic carbocycles. The van der Waals surface area contributed by atoms with Crippen LogP contribution in [-0.4, -0.2) is 36.7 Å². The van der Waals surface area contributed by atoms with Gasteiger partial charge in [-0.05, 0) is 11.1 Å². The van der Waals surface area contributed by atoms with Crippen molar-refractivity contribution in [3.05, 3.63) is 84.4 Å². The molecule has 0 bridgehead atoms. The lowest BCUT2D eigenvalue weighted by Gasteiger charge is -2.27. The van der Waals surface area contributed by atoms with E-state index in [2.05, 4.69) is 11.7 Å². The van der Waals surface area contributed by atoms with Gasteiger partial charge in [-0.1, -0.05) is 71.9 Å². The first kappa shape index (κ1) is 19.8. The van der Waals surface area contributed by atoms with Crippen LogP contribution in [0.25, 0.3) is 0 Å². The van der Waals surface area contributed by atoms with Crippen LogP contribution in [0, 0.1) is 0 Å². The van der Waals surface area contributed by atoms with E-state index in [0.717, 1.165) is 11.1 Å². The van der Waals surface area contributed by atoms with Crippen molar-refractivity contribution in [3.63, 3.8) is 0 Å². The molecule has 0 heterocycles. The standard InChI is InChI=1S/C21H25NO4/c1-3-19(23)21(26-16-18-12-8-5-9-13-18)20(14-22-24-2)25-15-17-10-6-4-7-11-17/h3-14,19-21,23H,1,15-16H2,2H3/b22-14+/t19-,20+,21+/m1/s1. The smallest absolute Gasteiger partial charge is 0.125 e. The molecule has 1 N–H and O–H groups in total. The number of rotatable bonds is 11. The number of hydrogen-bond acceptors (Lipinski definition) is 5. The van der Waals surface area contributed by atoms with E-state index in [1.54, 1.807) is 0 Å². The molecule has 5 heteroatoms. The number of nitrogens with zero attached hydrogens (tertiary/aromatic N) is 1. The Hall–Kier alpha value is -2.47. The van der Waals surface area contributed by atoms with Gasteiger partial charge in [0.2, 0.25) is 0 Å². The zero-order chi connectivity index (χ0) is 18.6. The fraction of sp³-hybridized carbons (Fsp3) is 0.286. The predicted octanol–water partition coefficient (Wildman–Crippen LogP) is 3.34. The normalized spacial score (nSPS) is 14.7. The molecule has 5 nitrogen and oxygen atoms in total. The second-order valence-electron chi connectivity index (χ2n) is 5.69. The number of hydrogen-bond donors (Lipinski definition) is 1. The molecule has 0 saturated carbocycles. The largest absolute Gasteiger partial charge is 0.399 e. The predicted molar refractivity (Wildman–Crippen MR) is 102 cm³/mol. The van der Waals surface area contributed by atoms with E-state index < -0.39 is 18.3 Å². The van der Waals surface area contributed by atoms with Gasteiger partial charge in [0.15, 0.2) is 0 Å². The van der Waals surface area contributed by atoms with E-state index in [1.807, 2.05) is 60.7 Å². The third-order valence-corrected chi connectivity index (χ3v) is 3.79. The Bertz CT molecular complexity index is 660. The van der Waals surface area contributed by atoms with Gasteiger partial charge in [0.05, 0.1) is 19.4 Å². The van der Waals surface area contributed by atoms with Gasteiger partial charge in [0.1, 0.15) is 25.4 Å². The van der Waals surface area contributed by atoms with Crippen LogP contribution in [-0.2, 0) is 27.5 Å². The van der Waals surface area contributed by atoms with E-state index in [1.165, 1.54) is 19.4 Å². The Morgan fingerprint density at radius 3 is 2.00 bits per heavy atom. The van der Waals surface area contributed by atoms with Gasteiger partial charge < -0.3 is 19.4 Å². The van der Waals surface area contributed by atoms with Crippen LogP contribution in [0.5, 0.6) is 0 Å². The molecule has 0 aliphatic rings. The summed E-state index contributed by atoms with van der Waals surface area (Å²) in [7, 11) is 1.45. The maximum Gasteiger partial charge on any atom is 0.125 e. The van der Waals surface area contributed by atoms with Crippen LogP contribution in [0.15, 0.2) is 78.5 Å². The average molecular weight is 355 g/mol. The molecule has 0 amide bonds. The Morgan fingerprint density at radius 2 is 1.50 bits per heavy atom. The van der Waals surface area contributed by atoms with Gasteiger partial charge in [0.25, 0.3) is 0 Å². The van der Waals surface area contributed by atoms with Crippen LogP contribution in [0.4, 0.5) is 0 Å². The second kappa shape index (κ2) is 11.2. The monoisotopic (exact) mass is 355 g/mol. The fourth-order valence-corrected chi connectivity index (χ4v) is 2.40. The molecule has 26 heavy (non-hydrogen) atoms. The quantitative estimate of drug-likeness (QED) is 0.382. The van der Waals surface area contributed by atoms with E-state index in [9.17, 15) is 5.11 Å².